The summed E-state index contributed by atoms with van der Waals surface area (Å²) in [5, 5.41) is 4.86. The van der Waals surface area contributed by atoms with E-state index in [-0.39, 0.29) is 0 Å². The Morgan fingerprint density at radius 2 is 2.19 bits per heavy atom. The Kier molecular flexibility index (Phi) is 6.81. The first kappa shape index (κ1) is 17.1. The molecule has 1 saturated heterocycles. The third-order valence-corrected chi connectivity index (χ3v) is 5.22. The van der Waals surface area contributed by atoms with Gasteiger partial charge in [-0.25, -0.2) is 0 Å². The van der Waals surface area contributed by atoms with Crippen LogP contribution in [0.25, 0.3) is 0 Å². The molecule has 2 rings (SSSR count). The minimum Gasteiger partial charge on any atom is -0.316 e. The minimum atomic E-state index is 0.304. The van der Waals surface area contributed by atoms with Crippen molar-refractivity contribution in [2.75, 3.05) is 26.2 Å². The number of hydrogen-bond donors (Lipinski definition) is 1. The van der Waals surface area contributed by atoms with Gasteiger partial charge in [0.2, 0.25) is 0 Å². The fraction of sp³-hybridized carbons (Fsp3) is 0.647. The second kappa shape index (κ2) is 8.38. The van der Waals surface area contributed by atoms with Crippen molar-refractivity contribution in [2.24, 2.45) is 5.92 Å². The van der Waals surface area contributed by atoms with Gasteiger partial charge in [-0.15, -0.1) is 0 Å². The lowest BCUT2D eigenvalue weighted by atomic mass is 9.97. The number of nitrogens with one attached hydrogen (secondary N) is 1. The summed E-state index contributed by atoms with van der Waals surface area (Å²) in [7, 11) is 0. The van der Waals surface area contributed by atoms with E-state index in [2.05, 4.69) is 30.1 Å². The molecule has 4 heteroatoms. The lowest BCUT2D eigenvalue weighted by Crippen LogP contribution is -2.39. The van der Waals surface area contributed by atoms with Crippen LogP contribution in [-0.4, -0.2) is 31.1 Å². The van der Waals surface area contributed by atoms with Crippen LogP contribution in [0, 0.1) is 5.92 Å². The number of nitrogens with zero attached hydrogens (tertiary/aromatic N) is 1. The summed E-state index contributed by atoms with van der Waals surface area (Å²) >= 11 is 12.6. The molecule has 0 aliphatic carbocycles. The number of benzene rings is 1. The molecule has 1 aromatic carbocycles. The summed E-state index contributed by atoms with van der Waals surface area (Å²) in [5.74, 6) is 0.741. The molecule has 21 heavy (non-hydrogen) atoms. The van der Waals surface area contributed by atoms with Crippen LogP contribution in [0.15, 0.2) is 18.2 Å². The normalized spacial score (nSPS) is 20.7. The molecule has 1 aliphatic heterocycles. The third kappa shape index (κ3) is 4.59. The molecule has 1 aromatic rings. The van der Waals surface area contributed by atoms with Crippen LogP contribution in [0.3, 0.4) is 0 Å². The topological polar surface area (TPSA) is 15.3 Å². The summed E-state index contributed by atoms with van der Waals surface area (Å²) in [6.07, 6.45) is 3.77. The van der Waals surface area contributed by atoms with E-state index in [4.69, 9.17) is 23.2 Å². The van der Waals surface area contributed by atoms with E-state index in [1.807, 2.05) is 12.1 Å². The van der Waals surface area contributed by atoms with Crippen LogP contribution in [0.4, 0.5) is 0 Å². The molecule has 1 aliphatic rings. The number of halogens is 2. The second-order valence-corrected chi connectivity index (χ2v) is 6.81. The first-order chi connectivity index (χ1) is 10.1. The monoisotopic (exact) mass is 328 g/mol. The molecular weight excluding hydrogens is 303 g/mol. The van der Waals surface area contributed by atoms with Gasteiger partial charge in [0.15, 0.2) is 0 Å². The Morgan fingerprint density at radius 3 is 2.86 bits per heavy atom. The van der Waals surface area contributed by atoms with Crippen molar-refractivity contribution in [3.63, 3.8) is 0 Å². The highest BCUT2D eigenvalue weighted by Crippen LogP contribution is 2.33. The number of piperidine rings is 1. The van der Waals surface area contributed by atoms with Crippen molar-refractivity contribution < 1.29 is 0 Å². The molecule has 1 heterocycles. The summed E-state index contributed by atoms with van der Waals surface area (Å²) in [4.78, 5) is 2.55. The molecule has 0 radical (unpaired) electrons. The standard InChI is InChI=1S/C17H26Cl2N2/c1-3-10-21(12-14-6-5-9-20-11-14)13(2)15-7-4-8-16(18)17(15)19/h4,7-8,13-14,20H,3,5-6,9-12H2,1-2H3. The van der Waals surface area contributed by atoms with E-state index in [0.717, 1.165) is 37.5 Å². The van der Waals surface area contributed by atoms with Gasteiger partial charge in [0, 0.05) is 12.6 Å². The van der Waals surface area contributed by atoms with E-state index in [0.29, 0.717) is 16.1 Å². The van der Waals surface area contributed by atoms with E-state index < -0.39 is 0 Å². The van der Waals surface area contributed by atoms with Crippen LogP contribution in [-0.2, 0) is 0 Å². The fourth-order valence-electron chi connectivity index (χ4n) is 3.18. The van der Waals surface area contributed by atoms with Crippen molar-refractivity contribution >= 4 is 23.2 Å². The summed E-state index contributed by atoms with van der Waals surface area (Å²) in [6.45, 7) is 9.00. The van der Waals surface area contributed by atoms with Crippen molar-refractivity contribution in [1.82, 2.24) is 10.2 Å². The first-order valence-corrected chi connectivity index (χ1v) is 8.77. The van der Waals surface area contributed by atoms with Gasteiger partial charge in [-0.2, -0.15) is 0 Å². The SMILES string of the molecule is CCCN(CC1CCCNC1)C(C)c1cccc(Cl)c1Cl. The fourth-order valence-corrected chi connectivity index (χ4v) is 3.65. The Hall–Kier alpha value is -0.280. The van der Waals surface area contributed by atoms with Gasteiger partial charge in [0.25, 0.3) is 0 Å². The largest absolute Gasteiger partial charge is 0.316 e. The van der Waals surface area contributed by atoms with Crippen LogP contribution in [0.1, 0.15) is 44.7 Å². The van der Waals surface area contributed by atoms with E-state index in [9.17, 15) is 0 Å². The maximum atomic E-state index is 6.40. The molecule has 118 valence electrons. The minimum absolute atomic E-state index is 0.304. The maximum Gasteiger partial charge on any atom is 0.0640 e. The van der Waals surface area contributed by atoms with Gasteiger partial charge in [-0.3, -0.25) is 4.90 Å². The van der Waals surface area contributed by atoms with Gasteiger partial charge in [0.1, 0.15) is 0 Å². The van der Waals surface area contributed by atoms with Crippen molar-refractivity contribution in [2.45, 2.75) is 39.2 Å². The van der Waals surface area contributed by atoms with Crippen LogP contribution < -0.4 is 5.32 Å². The molecule has 0 aromatic heterocycles. The van der Waals surface area contributed by atoms with E-state index in [1.165, 1.54) is 19.4 Å². The van der Waals surface area contributed by atoms with Crippen LogP contribution >= 0.6 is 23.2 Å². The molecule has 0 bridgehead atoms. The lowest BCUT2D eigenvalue weighted by molar-refractivity contribution is 0.163. The third-order valence-electron chi connectivity index (χ3n) is 4.38. The molecule has 0 spiro atoms. The van der Waals surface area contributed by atoms with Crippen molar-refractivity contribution in [3.05, 3.63) is 33.8 Å². The van der Waals surface area contributed by atoms with Gasteiger partial charge in [-0.1, -0.05) is 42.3 Å². The average Bonchev–Trinajstić information content (AvgIpc) is 2.50. The highest BCUT2D eigenvalue weighted by molar-refractivity contribution is 6.42. The molecule has 2 atom stereocenters. The Balaban J connectivity index is 2.10. The first-order valence-electron chi connectivity index (χ1n) is 8.02. The maximum absolute atomic E-state index is 6.40. The summed E-state index contributed by atoms with van der Waals surface area (Å²) in [5.41, 5.74) is 1.14. The molecule has 2 unspecified atom stereocenters. The van der Waals surface area contributed by atoms with Gasteiger partial charge in [-0.05, 0) is 63.4 Å². The molecule has 0 saturated carbocycles. The predicted molar refractivity (Wildman–Crippen MR) is 92.3 cm³/mol. The quantitative estimate of drug-likeness (QED) is 0.809. The summed E-state index contributed by atoms with van der Waals surface area (Å²) < 4.78 is 0. The molecule has 1 N–H and O–H groups in total. The molecule has 2 nitrogen and oxygen atoms in total. The predicted octanol–water partition coefficient (Wildman–Crippen LogP) is 4.77. The van der Waals surface area contributed by atoms with Gasteiger partial charge in [0.05, 0.1) is 10.0 Å². The number of rotatable bonds is 6. The molecular formula is C17H26Cl2N2. The van der Waals surface area contributed by atoms with Gasteiger partial charge < -0.3 is 5.32 Å². The van der Waals surface area contributed by atoms with Crippen LogP contribution in [0.5, 0.6) is 0 Å². The number of hydrogen-bond acceptors (Lipinski definition) is 2. The average molecular weight is 329 g/mol. The molecule has 1 fully saturated rings. The zero-order chi connectivity index (χ0) is 15.2. The highest BCUT2D eigenvalue weighted by atomic mass is 35.5. The highest BCUT2D eigenvalue weighted by Gasteiger charge is 2.23. The Labute approximate surface area is 138 Å². The van der Waals surface area contributed by atoms with E-state index >= 15 is 0 Å². The van der Waals surface area contributed by atoms with Crippen molar-refractivity contribution in [1.29, 1.82) is 0 Å². The zero-order valence-electron chi connectivity index (χ0n) is 13.0. The lowest BCUT2D eigenvalue weighted by Gasteiger charge is -2.34. The zero-order valence-corrected chi connectivity index (χ0v) is 14.6. The van der Waals surface area contributed by atoms with E-state index in [1.54, 1.807) is 0 Å². The Morgan fingerprint density at radius 1 is 1.38 bits per heavy atom. The van der Waals surface area contributed by atoms with Crippen LogP contribution in [0.2, 0.25) is 10.0 Å². The van der Waals surface area contributed by atoms with Gasteiger partial charge >= 0.3 is 0 Å². The second-order valence-electron chi connectivity index (χ2n) is 6.03. The summed E-state index contributed by atoms with van der Waals surface area (Å²) in [6, 6.07) is 6.25. The molecule has 0 amide bonds. The smallest absolute Gasteiger partial charge is 0.0640 e. The van der Waals surface area contributed by atoms with Crippen molar-refractivity contribution in [3.8, 4) is 0 Å². The Bertz CT molecular complexity index is 444.